The highest BCUT2D eigenvalue weighted by atomic mass is 16.6. The Morgan fingerprint density at radius 2 is 2.06 bits per heavy atom. The second-order valence-corrected chi connectivity index (χ2v) is 3.64. The molecule has 1 heterocycles. The summed E-state index contributed by atoms with van der Waals surface area (Å²) in [5, 5.41) is 23.0. The van der Waals surface area contributed by atoms with Gasteiger partial charge in [0.05, 0.1) is 4.92 Å². The summed E-state index contributed by atoms with van der Waals surface area (Å²) in [7, 11) is 0. The third kappa shape index (κ3) is 2.73. The van der Waals surface area contributed by atoms with E-state index in [4.69, 9.17) is 0 Å². The maximum atomic E-state index is 10.4. The van der Waals surface area contributed by atoms with Crippen LogP contribution in [0.3, 0.4) is 0 Å². The van der Waals surface area contributed by atoms with Crippen molar-refractivity contribution in [2.75, 3.05) is 5.32 Å². The number of pyridine rings is 1. The van der Waals surface area contributed by atoms with E-state index >= 15 is 0 Å². The predicted molar refractivity (Wildman–Crippen MR) is 66.3 cm³/mol. The molecule has 6 nitrogen and oxygen atoms in total. The van der Waals surface area contributed by atoms with Crippen molar-refractivity contribution >= 4 is 11.5 Å². The Hall–Kier alpha value is -2.63. The van der Waals surface area contributed by atoms with Crippen LogP contribution in [-0.2, 0) is 6.54 Å². The summed E-state index contributed by atoms with van der Waals surface area (Å²) in [5.41, 5.74) is 0.681. The zero-order valence-corrected chi connectivity index (χ0v) is 9.41. The van der Waals surface area contributed by atoms with E-state index in [1.807, 2.05) is 6.07 Å². The fraction of sp³-hybridized carbons (Fsp3) is 0.0833. The Balaban J connectivity index is 2.02. The normalized spacial score (nSPS) is 10.0. The number of hydrogen-bond donors (Lipinski definition) is 2. The molecular weight excluding hydrogens is 234 g/mol. The van der Waals surface area contributed by atoms with Gasteiger partial charge in [0.15, 0.2) is 0 Å². The number of benzene rings is 1. The zero-order chi connectivity index (χ0) is 13.0. The lowest BCUT2D eigenvalue weighted by Crippen LogP contribution is -2.01. The molecule has 2 rings (SSSR count). The number of nitrogens with zero attached hydrogens (tertiary/aromatic N) is 2. The van der Waals surface area contributed by atoms with Gasteiger partial charge in [-0.1, -0.05) is 18.2 Å². The molecule has 0 radical (unpaired) electrons. The van der Waals surface area contributed by atoms with E-state index in [-0.39, 0.29) is 11.4 Å². The van der Waals surface area contributed by atoms with Crippen LogP contribution >= 0.6 is 0 Å². The van der Waals surface area contributed by atoms with E-state index in [1.54, 1.807) is 18.2 Å². The summed E-state index contributed by atoms with van der Waals surface area (Å²) in [6, 6.07) is 9.84. The van der Waals surface area contributed by atoms with Gasteiger partial charge in [-0.15, -0.1) is 0 Å². The van der Waals surface area contributed by atoms with Crippen molar-refractivity contribution in [1.82, 2.24) is 4.98 Å². The summed E-state index contributed by atoms with van der Waals surface area (Å²) in [6.45, 7) is 0.400. The molecule has 1 aromatic heterocycles. The second-order valence-electron chi connectivity index (χ2n) is 3.64. The van der Waals surface area contributed by atoms with Crippen molar-refractivity contribution in [2.24, 2.45) is 0 Å². The summed E-state index contributed by atoms with van der Waals surface area (Å²) in [6.07, 6.45) is 1.19. The van der Waals surface area contributed by atoms with Gasteiger partial charge in [-0.3, -0.25) is 10.1 Å². The number of phenolic OH excluding ortho intramolecular Hbond substituents is 1. The molecule has 2 aromatic rings. The highest BCUT2D eigenvalue weighted by Gasteiger charge is 2.05. The van der Waals surface area contributed by atoms with E-state index in [0.717, 1.165) is 5.56 Å². The van der Waals surface area contributed by atoms with Gasteiger partial charge in [-0.05, 0) is 12.1 Å². The average molecular weight is 245 g/mol. The van der Waals surface area contributed by atoms with Gasteiger partial charge in [-0.2, -0.15) is 0 Å². The van der Waals surface area contributed by atoms with E-state index in [1.165, 1.54) is 18.3 Å². The summed E-state index contributed by atoms with van der Waals surface area (Å²) in [5.74, 6) is 0.718. The van der Waals surface area contributed by atoms with Crippen LogP contribution in [0.4, 0.5) is 11.5 Å². The number of nitro groups is 1. The SMILES string of the molecule is O=[N+]([O-])c1ccc(NCc2ccccc2O)nc1. The standard InChI is InChI=1S/C12H11N3O3/c16-11-4-2-1-3-9(11)7-13-12-6-5-10(8-14-12)15(17)18/h1-6,8,16H,7H2,(H,13,14). The first-order valence-corrected chi connectivity index (χ1v) is 5.28. The molecule has 0 aliphatic rings. The van der Waals surface area contributed by atoms with Crippen LogP contribution in [0.1, 0.15) is 5.56 Å². The summed E-state index contributed by atoms with van der Waals surface area (Å²) < 4.78 is 0. The number of aromatic nitrogens is 1. The third-order valence-electron chi connectivity index (χ3n) is 2.41. The number of nitrogens with one attached hydrogen (secondary N) is 1. The number of anilines is 1. The molecule has 0 atom stereocenters. The van der Waals surface area contributed by atoms with Gasteiger partial charge in [0, 0.05) is 18.2 Å². The Bertz CT molecular complexity index is 555. The summed E-state index contributed by atoms with van der Waals surface area (Å²) in [4.78, 5) is 13.9. The highest BCUT2D eigenvalue weighted by Crippen LogP contribution is 2.17. The lowest BCUT2D eigenvalue weighted by atomic mass is 10.2. The smallest absolute Gasteiger partial charge is 0.287 e. The van der Waals surface area contributed by atoms with Crippen LogP contribution in [0.25, 0.3) is 0 Å². The molecule has 0 fully saturated rings. The lowest BCUT2D eigenvalue weighted by Gasteiger charge is -2.06. The maximum absolute atomic E-state index is 10.4. The minimum absolute atomic E-state index is 0.0527. The molecule has 1 aromatic carbocycles. The molecule has 0 amide bonds. The molecule has 0 aliphatic carbocycles. The molecule has 2 N–H and O–H groups in total. The van der Waals surface area contributed by atoms with Gasteiger partial charge in [-0.25, -0.2) is 4.98 Å². The number of rotatable bonds is 4. The lowest BCUT2D eigenvalue weighted by molar-refractivity contribution is -0.385. The number of phenols is 1. The fourth-order valence-electron chi connectivity index (χ4n) is 1.44. The van der Waals surface area contributed by atoms with Crippen LogP contribution in [0.2, 0.25) is 0 Å². The van der Waals surface area contributed by atoms with Crippen LogP contribution in [0.5, 0.6) is 5.75 Å². The van der Waals surface area contributed by atoms with Gasteiger partial charge in [0.2, 0.25) is 0 Å². The Morgan fingerprint density at radius 1 is 1.28 bits per heavy atom. The van der Waals surface area contributed by atoms with Crippen molar-refractivity contribution in [3.8, 4) is 5.75 Å². The van der Waals surface area contributed by atoms with Gasteiger partial charge in [0.1, 0.15) is 17.8 Å². The molecule has 0 aliphatic heterocycles. The molecule has 0 unspecified atom stereocenters. The van der Waals surface area contributed by atoms with E-state index in [0.29, 0.717) is 12.4 Å². The minimum Gasteiger partial charge on any atom is -0.508 e. The molecule has 0 saturated carbocycles. The topological polar surface area (TPSA) is 88.3 Å². The molecule has 92 valence electrons. The van der Waals surface area contributed by atoms with Crippen LogP contribution in [0, 0.1) is 10.1 Å². The van der Waals surface area contributed by atoms with Crippen LogP contribution < -0.4 is 5.32 Å². The van der Waals surface area contributed by atoms with E-state index in [2.05, 4.69) is 10.3 Å². The quantitative estimate of drug-likeness (QED) is 0.637. The van der Waals surface area contributed by atoms with Gasteiger partial charge in [0.25, 0.3) is 5.69 Å². The molecule has 18 heavy (non-hydrogen) atoms. The summed E-state index contributed by atoms with van der Waals surface area (Å²) >= 11 is 0. The zero-order valence-electron chi connectivity index (χ0n) is 9.41. The molecule has 6 heteroatoms. The Kier molecular flexibility index (Phi) is 3.38. The first-order chi connectivity index (χ1) is 8.66. The first-order valence-electron chi connectivity index (χ1n) is 5.28. The number of aromatic hydroxyl groups is 1. The second kappa shape index (κ2) is 5.13. The van der Waals surface area contributed by atoms with Crippen LogP contribution in [0.15, 0.2) is 42.6 Å². The van der Waals surface area contributed by atoms with Crippen molar-refractivity contribution in [3.05, 3.63) is 58.3 Å². The Labute approximate surface area is 103 Å². The van der Waals surface area contributed by atoms with E-state index < -0.39 is 4.92 Å². The largest absolute Gasteiger partial charge is 0.508 e. The molecular formula is C12H11N3O3. The third-order valence-corrected chi connectivity index (χ3v) is 2.41. The highest BCUT2D eigenvalue weighted by molar-refractivity contribution is 5.42. The fourth-order valence-corrected chi connectivity index (χ4v) is 1.44. The minimum atomic E-state index is -0.500. The molecule has 0 saturated heterocycles. The maximum Gasteiger partial charge on any atom is 0.287 e. The molecule has 0 bridgehead atoms. The predicted octanol–water partition coefficient (Wildman–Crippen LogP) is 2.31. The van der Waals surface area contributed by atoms with Crippen molar-refractivity contribution < 1.29 is 10.0 Å². The monoisotopic (exact) mass is 245 g/mol. The average Bonchev–Trinajstić information content (AvgIpc) is 2.38. The van der Waals surface area contributed by atoms with Gasteiger partial charge < -0.3 is 10.4 Å². The van der Waals surface area contributed by atoms with Gasteiger partial charge >= 0.3 is 0 Å². The van der Waals surface area contributed by atoms with Crippen molar-refractivity contribution in [2.45, 2.75) is 6.54 Å². The first kappa shape index (κ1) is 11.8. The van der Waals surface area contributed by atoms with Crippen molar-refractivity contribution in [1.29, 1.82) is 0 Å². The number of hydrogen-bond acceptors (Lipinski definition) is 5. The van der Waals surface area contributed by atoms with Crippen molar-refractivity contribution in [3.63, 3.8) is 0 Å². The Morgan fingerprint density at radius 3 is 2.67 bits per heavy atom. The number of para-hydroxylation sites is 1. The molecule has 0 spiro atoms. The van der Waals surface area contributed by atoms with Crippen LogP contribution in [-0.4, -0.2) is 15.0 Å². The van der Waals surface area contributed by atoms with E-state index in [9.17, 15) is 15.2 Å².